The van der Waals surface area contributed by atoms with Crippen molar-refractivity contribution in [3.05, 3.63) is 107 Å². The minimum absolute atomic E-state index is 0.0245. The molecule has 188 valence electrons. The molecule has 0 saturated carbocycles. The summed E-state index contributed by atoms with van der Waals surface area (Å²) in [6.45, 7) is 3.31. The zero-order chi connectivity index (χ0) is 25.5. The fraction of sp³-hybridized carbons (Fsp3) is 0.276. The van der Waals surface area contributed by atoms with E-state index in [0.717, 1.165) is 60.2 Å². The minimum Gasteiger partial charge on any atom is -0.299 e. The van der Waals surface area contributed by atoms with E-state index in [0.29, 0.717) is 18.9 Å². The Morgan fingerprint density at radius 3 is 2.43 bits per heavy atom. The number of rotatable bonds is 11. The van der Waals surface area contributed by atoms with E-state index >= 15 is 0 Å². The highest BCUT2D eigenvalue weighted by Crippen LogP contribution is 2.29. The van der Waals surface area contributed by atoms with Crippen molar-refractivity contribution in [2.75, 3.05) is 0 Å². The SMILES string of the molecule is CCCCCc1cn(CCc2ccccc2)c(=O)n1Cc1ccc(-c2ccccc2-c2nnn[nH]2)cn1. The Labute approximate surface area is 216 Å². The van der Waals surface area contributed by atoms with E-state index in [4.69, 9.17) is 4.98 Å². The second kappa shape index (κ2) is 11.6. The van der Waals surface area contributed by atoms with Gasteiger partial charge in [-0.1, -0.05) is 80.4 Å². The summed E-state index contributed by atoms with van der Waals surface area (Å²) in [5.41, 5.74) is 6.04. The summed E-state index contributed by atoms with van der Waals surface area (Å²) in [5.74, 6) is 0.611. The highest BCUT2D eigenvalue weighted by molar-refractivity contribution is 5.79. The molecule has 0 fully saturated rings. The molecule has 0 spiro atoms. The normalized spacial score (nSPS) is 11.2. The predicted molar refractivity (Wildman–Crippen MR) is 144 cm³/mol. The molecule has 8 heteroatoms. The van der Waals surface area contributed by atoms with Crippen LogP contribution in [0.15, 0.2) is 83.9 Å². The third-order valence-electron chi connectivity index (χ3n) is 6.63. The molecule has 0 atom stereocenters. The standard InChI is InChI=1S/C29H31N7O/c1-2-3-5-12-25-21-35(18-17-22-10-6-4-7-11-22)29(37)36(25)20-24-16-15-23(19-30-24)26-13-8-9-14-27(26)28-31-33-34-32-28/h4,6-11,13-16,19,21H,2-3,5,12,17-18,20H2,1H3,(H,31,32,33,34). The molecule has 37 heavy (non-hydrogen) atoms. The van der Waals surface area contributed by atoms with Gasteiger partial charge in [0.05, 0.1) is 12.2 Å². The summed E-state index contributed by atoms with van der Waals surface area (Å²) in [7, 11) is 0. The first-order chi connectivity index (χ1) is 18.2. The van der Waals surface area contributed by atoms with Crippen LogP contribution in [0.25, 0.3) is 22.5 Å². The van der Waals surface area contributed by atoms with Crippen molar-refractivity contribution in [3.8, 4) is 22.5 Å². The molecule has 0 saturated heterocycles. The monoisotopic (exact) mass is 493 g/mol. The molecular formula is C29H31N7O. The van der Waals surface area contributed by atoms with Gasteiger partial charge < -0.3 is 0 Å². The molecule has 1 N–H and O–H groups in total. The summed E-state index contributed by atoms with van der Waals surface area (Å²) in [5, 5.41) is 14.3. The topological polar surface area (TPSA) is 94.3 Å². The maximum absolute atomic E-state index is 13.4. The van der Waals surface area contributed by atoms with E-state index in [9.17, 15) is 4.79 Å². The smallest absolute Gasteiger partial charge is 0.299 e. The number of hydrogen-bond acceptors (Lipinski definition) is 5. The van der Waals surface area contributed by atoms with Crippen LogP contribution in [0.2, 0.25) is 0 Å². The molecule has 0 amide bonds. The molecule has 2 aromatic carbocycles. The number of benzene rings is 2. The van der Waals surface area contributed by atoms with Gasteiger partial charge in [0.15, 0.2) is 5.82 Å². The summed E-state index contributed by atoms with van der Waals surface area (Å²) < 4.78 is 3.74. The number of aromatic nitrogens is 7. The minimum atomic E-state index is 0.0245. The van der Waals surface area contributed by atoms with Crippen LogP contribution in [0.3, 0.4) is 0 Å². The maximum Gasteiger partial charge on any atom is 0.328 e. The van der Waals surface area contributed by atoms with Gasteiger partial charge in [-0.15, -0.1) is 5.10 Å². The number of pyridine rings is 1. The molecule has 0 bridgehead atoms. The van der Waals surface area contributed by atoms with Gasteiger partial charge in [-0.2, -0.15) is 0 Å². The maximum atomic E-state index is 13.4. The van der Waals surface area contributed by atoms with Gasteiger partial charge in [-0.25, -0.2) is 9.89 Å². The molecular weight excluding hydrogens is 462 g/mol. The van der Waals surface area contributed by atoms with Crippen molar-refractivity contribution in [1.29, 1.82) is 0 Å². The van der Waals surface area contributed by atoms with E-state index in [1.54, 1.807) is 0 Å². The van der Waals surface area contributed by atoms with E-state index in [1.165, 1.54) is 5.56 Å². The van der Waals surface area contributed by atoms with Gasteiger partial charge >= 0.3 is 5.69 Å². The van der Waals surface area contributed by atoms with Crippen LogP contribution >= 0.6 is 0 Å². The Morgan fingerprint density at radius 2 is 1.70 bits per heavy atom. The van der Waals surface area contributed by atoms with Gasteiger partial charge in [0.25, 0.3) is 0 Å². The zero-order valence-corrected chi connectivity index (χ0v) is 21.0. The van der Waals surface area contributed by atoms with Crippen LogP contribution in [0.5, 0.6) is 0 Å². The van der Waals surface area contributed by atoms with Gasteiger partial charge in [0, 0.05) is 35.8 Å². The van der Waals surface area contributed by atoms with Crippen LogP contribution in [0, 0.1) is 0 Å². The van der Waals surface area contributed by atoms with Crippen LogP contribution < -0.4 is 5.69 Å². The first kappa shape index (κ1) is 24.4. The molecule has 0 radical (unpaired) electrons. The largest absolute Gasteiger partial charge is 0.328 e. The van der Waals surface area contributed by atoms with Crippen molar-refractivity contribution >= 4 is 0 Å². The van der Waals surface area contributed by atoms with Crippen LogP contribution in [0.4, 0.5) is 0 Å². The molecule has 3 heterocycles. The number of aromatic amines is 1. The molecule has 0 unspecified atom stereocenters. The van der Waals surface area contributed by atoms with E-state index in [1.807, 2.05) is 76.1 Å². The highest BCUT2D eigenvalue weighted by Gasteiger charge is 2.14. The number of nitrogens with zero attached hydrogens (tertiary/aromatic N) is 6. The third kappa shape index (κ3) is 5.74. The number of aryl methyl sites for hydroxylation is 3. The number of nitrogens with one attached hydrogen (secondary N) is 1. The van der Waals surface area contributed by atoms with E-state index in [-0.39, 0.29) is 5.69 Å². The van der Waals surface area contributed by atoms with Gasteiger partial charge in [0.2, 0.25) is 0 Å². The van der Waals surface area contributed by atoms with E-state index in [2.05, 4.69) is 39.7 Å². The number of H-pyrrole nitrogens is 1. The van der Waals surface area contributed by atoms with Crippen LogP contribution in [-0.2, 0) is 25.9 Å². The Hall–Kier alpha value is -4.33. The molecule has 5 aromatic rings. The lowest BCUT2D eigenvalue weighted by Gasteiger charge is -2.09. The summed E-state index contributed by atoms with van der Waals surface area (Å²) >= 11 is 0. The molecule has 0 aliphatic rings. The Bertz CT molecular complexity index is 1470. The average Bonchev–Trinajstić information content (AvgIpc) is 3.58. The molecule has 0 aliphatic carbocycles. The highest BCUT2D eigenvalue weighted by atomic mass is 16.1. The molecule has 3 aromatic heterocycles. The van der Waals surface area contributed by atoms with Crippen molar-refractivity contribution in [1.82, 2.24) is 34.7 Å². The first-order valence-corrected chi connectivity index (χ1v) is 12.8. The molecule has 8 nitrogen and oxygen atoms in total. The summed E-state index contributed by atoms with van der Waals surface area (Å²) in [6.07, 6.45) is 8.97. The first-order valence-electron chi connectivity index (χ1n) is 12.8. The molecule has 0 aliphatic heterocycles. The lowest BCUT2D eigenvalue weighted by molar-refractivity contribution is 0.617. The zero-order valence-electron chi connectivity index (χ0n) is 21.0. The van der Waals surface area contributed by atoms with Crippen LogP contribution in [0.1, 0.15) is 43.1 Å². The van der Waals surface area contributed by atoms with E-state index < -0.39 is 0 Å². The lowest BCUT2D eigenvalue weighted by atomic mass is 10.0. The van der Waals surface area contributed by atoms with Gasteiger partial charge in [0.1, 0.15) is 0 Å². The second-order valence-electron chi connectivity index (χ2n) is 9.21. The fourth-order valence-corrected chi connectivity index (χ4v) is 4.62. The number of hydrogen-bond donors (Lipinski definition) is 1. The second-order valence-corrected chi connectivity index (χ2v) is 9.21. The Morgan fingerprint density at radius 1 is 0.892 bits per heavy atom. The summed E-state index contributed by atoms with van der Waals surface area (Å²) in [4.78, 5) is 18.1. The Kier molecular flexibility index (Phi) is 7.64. The van der Waals surface area contributed by atoms with Crippen molar-refractivity contribution in [2.24, 2.45) is 0 Å². The van der Waals surface area contributed by atoms with Gasteiger partial charge in [-0.3, -0.25) is 14.1 Å². The van der Waals surface area contributed by atoms with Crippen molar-refractivity contribution in [2.45, 2.75) is 52.1 Å². The number of unbranched alkanes of at least 4 members (excludes halogenated alkanes) is 2. The van der Waals surface area contributed by atoms with Crippen LogP contribution in [-0.4, -0.2) is 34.7 Å². The quantitative estimate of drug-likeness (QED) is 0.264. The molecule has 5 rings (SSSR count). The Balaban J connectivity index is 1.38. The van der Waals surface area contributed by atoms with Gasteiger partial charge in [-0.05, 0) is 46.9 Å². The number of tetrazole rings is 1. The van der Waals surface area contributed by atoms with Crippen molar-refractivity contribution in [3.63, 3.8) is 0 Å². The predicted octanol–water partition coefficient (Wildman–Crippen LogP) is 4.92. The lowest BCUT2D eigenvalue weighted by Crippen LogP contribution is -2.26. The third-order valence-corrected chi connectivity index (χ3v) is 6.63. The number of imidazole rings is 1. The fourth-order valence-electron chi connectivity index (χ4n) is 4.62. The summed E-state index contributed by atoms with van der Waals surface area (Å²) in [6, 6.07) is 22.3. The average molecular weight is 494 g/mol. The van der Waals surface area contributed by atoms with Crippen molar-refractivity contribution < 1.29 is 0 Å².